The van der Waals surface area contributed by atoms with E-state index in [1.165, 1.54) is 38.2 Å². The van der Waals surface area contributed by atoms with Gasteiger partial charge in [0.2, 0.25) is 0 Å². The highest BCUT2D eigenvalue weighted by Crippen LogP contribution is 2.43. The number of hydrogen-bond acceptors (Lipinski definition) is 5. The second-order valence-corrected chi connectivity index (χ2v) is 8.84. The number of rotatable bonds is 4. The lowest BCUT2D eigenvalue weighted by Crippen LogP contribution is -2.36. The summed E-state index contributed by atoms with van der Waals surface area (Å²) in [4.78, 5) is 22.8. The molecule has 0 aromatic heterocycles. The lowest BCUT2D eigenvalue weighted by molar-refractivity contribution is -0.193. The third-order valence-corrected chi connectivity index (χ3v) is 5.87. The van der Waals surface area contributed by atoms with E-state index >= 15 is 0 Å². The van der Waals surface area contributed by atoms with E-state index in [9.17, 15) is 26.3 Å². The monoisotopic (exact) mass is 536 g/mol. The number of alkyl halides is 6. The van der Waals surface area contributed by atoms with Crippen LogP contribution in [0.4, 0.5) is 26.3 Å². The number of carboxylic acid groups (broad SMARTS) is 2. The molecule has 35 heavy (non-hydrogen) atoms. The molecule has 0 radical (unpaired) electrons. The number of benzene rings is 1. The summed E-state index contributed by atoms with van der Waals surface area (Å²) in [5, 5.41) is 15.1. The molecule has 1 spiro atoms. The number of carboxylic acids is 2. The Morgan fingerprint density at radius 2 is 1.54 bits per heavy atom. The third kappa shape index (κ3) is 10.2. The number of carbonyl (C=O) groups is 2. The maximum absolute atomic E-state index is 10.6. The standard InChI is InChI=1S/C17H25ClN2O.2C2HF3O2/c1-19-10-15(11-21-2)17(12-19)7-8-20(13-17)9-14-3-5-16(18)6-4-14;2*3-2(4,5)1(6)7/h3-6,15H,7-13H2,1-2H3;2*(H,6,7)/t15-,17-;;/m1../s1. The van der Waals surface area contributed by atoms with Crippen LogP contribution in [0.15, 0.2) is 24.3 Å². The molecular formula is C21H27ClF6N2O5. The Bertz CT molecular complexity index is 813. The van der Waals surface area contributed by atoms with Crippen LogP contribution in [0.2, 0.25) is 5.02 Å². The normalized spacial score (nSPS) is 22.8. The van der Waals surface area contributed by atoms with Gasteiger partial charge in [0.1, 0.15) is 0 Å². The van der Waals surface area contributed by atoms with Gasteiger partial charge in [0, 0.05) is 49.6 Å². The van der Waals surface area contributed by atoms with E-state index in [1.807, 2.05) is 19.2 Å². The van der Waals surface area contributed by atoms with Gasteiger partial charge in [-0.25, -0.2) is 9.59 Å². The molecule has 1 aromatic rings. The average molecular weight is 537 g/mol. The highest BCUT2D eigenvalue weighted by molar-refractivity contribution is 6.30. The van der Waals surface area contributed by atoms with Crippen LogP contribution in [0.1, 0.15) is 12.0 Å². The van der Waals surface area contributed by atoms with Crippen molar-refractivity contribution in [3.8, 4) is 0 Å². The van der Waals surface area contributed by atoms with Crippen molar-refractivity contribution in [3.63, 3.8) is 0 Å². The van der Waals surface area contributed by atoms with Crippen LogP contribution >= 0.6 is 11.6 Å². The van der Waals surface area contributed by atoms with Gasteiger partial charge < -0.3 is 19.8 Å². The predicted molar refractivity (Wildman–Crippen MR) is 114 cm³/mol. The smallest absolute Gasteiger partial charge is 0.475 e. The Balaban J connectivity index is 0.000000362. The maximum Gasteiger partial charge on any atom is 0.490 e. The van der Waals surface area contributed by atoms with Gasteiger partial charge in [-0.2, -0.15) is 26.3 Å². The number of halogens is 7. The first-order valence-corrected chi connectivity index (χ1v) is 10.6. The van der Waals surface area contributed by atoms with Gasteiger partial charge in [0.25, 0.3) is 0 Å². The first-order valence-electron chi connectivity index (χ1n) is 10.2. The second-order valence-electron chi connectivity index (χ2n) is 8.40. The van der Waals surface area contributed by atoms with E-state index in [4.69, 9.17) is 36.1 Å². The molecule has 2 saturated heterocycles. The van der Waals surface area contributed by atoms with Gasteiger partial charge in [0.15, 0.2) is 0 Å². The Hall–Kier alpha value is -2.09. The minimum Gasteiger partial charge on any atom is -0.475 e. The zero-order chi connectivity index (χ0) is 27.0. The minimum absolute atomic E-state index is 0.428. The maximum atomic E-state index is 10.6. The van der Waals surface area contributed by atoms with Crippen molar-refractivity contribution in [2.45, 2.75) is 25.3 Å². The molecule has 2 aliphatic rings. The van der Waals surface area contributed by atoms with Gasteiger partial charge in [0.05, 0.1) is 6.61 Å². The topological polar surface area (TPSA) is 90.3 Å². The highest BCUT2D eigenvalue weighted by Gasteiger charge is 2.49. The SMILES string of the molecule is COC[C@H]1CN(C)C[C@@]12CCN(Cc1ccc(Cl)cc1)C2.O=C(O)C(F)(F)F.O=C(O)C(F)(F)F. The fourth-order valence-electron chi connectivity index (χ4n) is 4.16. The molecule has 3 rings (SSSR count). The largest absolute Gasteiger partial charge is 0.490 e. The van der Waals surface area contributed by atoms with Crippen LogP contribution < -0.4 is 0 Å². The molecule has 2 aliphatic heterocycles. The fourth-order valence-corrected chi connectivity index (χ4v) is 4.29. The Kier molecular flexibility index (Phi) is 11.3. The zero-order valence-electron chi connectivity index (χ0n) is 19.0. The molecule has 0 aliphatic carbocycles. The lowest BCUT2D eigenvalue weighted by Gasteiger charge is -2.30. The van der Waals surface area contributed by atoms with Crippen molar-refractivity contribution in [2.75, 3.05) is 46.9 Å². The highest BCUT2D eigenvalue weighted by atomic mass is 35.5. The molecule has 7 nitrogen and oxygen atoms in total. The van der Waals surface area contributed by atoms with Gasteiger partial charge >= 0.3 is 24.3 Å². The van der Waals surface area contributed by atoms with Crippen molar-refractivity contribution in [2.24, 2.45) is 11.3 Å². The van der Waals surface area contributed by atoms with Crippen LogP contribution in [-0.4, -0.2) is 91.2 Å². The first kappa shape index (κ1) is 30.9. The van der Waals surface area contributed by atoms with E-state index in [0.717, 1.165) is 18.2 Å². The summed E-state index contributed by atoms with van der Waals surface area (Å²) in [7, 11) is 4.06. The van der Waals surface area contributed by atoms with Crippen LogP contribution in [0, 0.1) is 11.3 Å². The molecule has 0 unspecified atom stereocenters. The molecule has 2 atom stereocenters. The number of likely N-dealkylation sites (tertiary alicyclic amines) is 2. The van der Waals surface area contributed by atoms with Crippen molar-refractivity contribution in [1.29, 1.82) is 0 Å². The van der Waals surface area contributed by atoms with E-state index in [1.54, 1.807) is 0 Å². The summed E-state index contributed by atoms with van der Waals surface area (Å²) in [6, 6.07) is 8.25. The number of methoxy groups -OCH3 is 1. The minimum atomic E-state index is -5.08. The molecule has 2 fully saturated rings. The molecule has 14 heteroatoms. The van der Waals surface area contributed by atoms with Crippen LogP contribution in [0.5, 0.6) is 0 Å². The lowest BCUT2D eigenvalue weighted by atomic mass is 9.78. The Labute approximate surface area is 203 Å². The van der Waals surface area contributed by atoms with Crippen LogP contribution in [-0.2, 0) is 20.9 Å². The van der Waals surface area contributed by atoms with Crippen molar-refractivity contribution in [1.82, 2.24) is 9.80 Å². The number of ether oxygens (including phenoxy) is 1. The van der Waals surface area contributed by atoms with Crippen LogP contribution in [0.3, 0.4) is 0 Å². The van der Waals surface area contributed by atoms with E-state index in [2.05, 4.69) is 29.0 Å². The summed E-state index contributed by atoms with van der Waals surface area (Å²) in [6.07, 6.45) is -8.88. The van der Waals surface area contributed by atoms with E-state index < -0.39 is 24.3 Å². The number of nitrogens with zero attached hydrogens (tertiary/aromatic N) is 2. The van der Waals surface area contributed by atoms with Crippen LogP contribution in [0.25, 0.3) is 0 Å². The summed E-state index contributed by atoms with van der Waals surface area (Å²) in [6.45, 7) is 6.67. The fraction of sp³-hybridized carbons (Fsp3) is 0.619. The van der Waals surface area contributed by atoms with Gasteiger partial charge in [-0.05, 0) is 37.7 Å². The average Bonchev–Trinajstić information content (AvgIpc) is 3.26. The number of hydrogen-bond donors (Lipinski definition) is 2. The quantitative estimate of drug-likeness (QED) is 0.562. The number of aliphatic carboxylic acids is 2. The Morgan fingerprint density at radius 1 is 1.06 bits per heavy atom. The summed E-state index contributed by atoms with van der Waals surface area (Å²) < 4.78 is 68.9. The third-order valence-electron chi connectivity index (χ3n) is 5.62. The molecule has 0 amide bonds. The Morgan fingerprint density at radius 3 is 1.97 bits per heavy atom. The van der Waals surface area contributed by atoms with E-state index in [-0.39, 0.29) is 0 Å². The van der Waals surface area contributed by atoms with Crippen molar-refractivity contribution < 1.29 is 50.9 Å². The molecule has 0 saturated carbocycles. The van der Waals surface area contributed by atoms with E-state index in [0.29, 0.717) is 11.3 Å². The molecule has 1 aromatic carbocycles. The molecule has 2 heterocycles. The summed E-state index contributed by atoms with van der Waals surface area (Å²) in [5.74, 6) is -4.84. The zero-order valence-corrected chi connectivity index (χ0v) is 19.8. The van der Waals surface area contributed by atoms with Crippen molar-refractivity contribution in [3.05, 3.63) is 34.9 Å². The second kappa shape index (κ2) is 12.7. The molecule has 200 valence electrons. The molecule has 0 bridgehead atoms. The van der Waals surface area contributed by atoms with Gasteiger partial charge in [-0.3, -0.25) is 4.90 Å². The summed E-state index contributed by atoms with van der Waals surface area (Å²) >= 11 is 5.96. The molecule has 2 N–H and O–H groups in total. The predicted octanol–water partition coefficient (Wildman–Crippen LogP) is 4.01. The first-order chi connectivity index (χ1) is 16.0. The van der Waals surface area contributed by atoms with Gasteiger partial charge in [-0.1, -0.05) is 23.7 Å². The molecular weight excluding hydrogens is 510 g/mol. The summed E-state index contributed by atoms with van der Waals surface area (Å²) in [5.41, 5.74) is 1.78. The van der Waals surface area contributed by atoms with Crippen molar-refractivity contribution >= 4 is 23.5 Å². The van der Waals surface area contributed by atoms with Gasteiger partial charge in [-0.15, -0.1) is 0 Å².